The molecular formula is C22H24FN3O5. The molecule has 1 aromatic heterocycles. The second-order valence-corrected chi connectivity index (χ2v) is 7.56. The van der Waals surface area contributed by atoms with E-state index in [-0.39, 0.29) is 30.0 Å². The van der Waals surface area contributed by atoms with Crippen LogP contribution in [-0.4, -0.2) is 73.0 Å². The molecule has 4 rings (SSSR count). The molecule has 0 unspecified atom stereocenters. The Kier molecular flexibility index (Phi) is 6.20. The van der Waals surface area contributed by atoms with E-state index in [0.29, 0.717) is 51.3 Å². The summed E-state index contributed by atoms with van der Waals surface area (Å²) in [6.07, 6.45) is 2.57. The van der Waals surface area contributed by atoms with Gasteiger partial charge in [-0.25, -0.2) is 9.18 Å². The fourth-order valence-electron chi connectivity index (χ4n) is 4.02. The summed E-state index contributed by atoms with van der Waals surface area (Å²) in [6.45, 7) is 1.88. The monoisotopic (exact) mass is 429 g/mol. The number of furan rings is 1. The van der Waals surface area contributed by atoms with Crippen molar-refractivity contribution in [2.24, 2.45) is 0 Å². The van der Waals surface area contributed by atoms with Crippen LogP contribution in [0.5, 0.6) is 0 Å². The van der Waals surface area contributed by atoms with Gasteiger partial charge in [0.2, 0.25) is 0 Å². The Morgan fingerprint density at radius 3 is 2.52 bits per heavy atom. The quantitative estimate of drug-likeness (QED) is 0.676. The van der Waals surface area contributed by atoms with Gasteiger partial charge in [-0.1, -0.05) is 12.1 Å². The third-order valence-electron chi connectivity index (χ3n) is 5.68. The predicted molar refractivity (Wildman–Crippen MR) is 109 cm³/mol. The van der Waals surface area contributed by atoms with Crippen molar-refractivity contribution in [3.05, 3.63) is 54.2 Å². The first-order valence-electron chi connectivity index (χ1n) is 10.3. The molecular weight excluding hydrogens is 405 g/mol. The van der Waals surface area contributed by atoms with E-state index < -0.39 is 12.0 Å². The Hall–Kier alpha value is -3.36. The number of hydrogen-bond donors (Lipinski definition) is 0. The van der Waals surface area contributed by atoms with Crippen molar-refractivity contribution in [1.82, 2.24) is 9.80 Å². The van der Waals surface area contributed by atoms with Crippen molar-refractivity contribution in [3.8, 4) is 0 Å². The van der Waals surface area contributed by atoms with Gasteiger partial charge >= 0.3 is 5.97 Å². The Morgan fingerprint density at radius 1 is 1.03 bits per heavy atom. The lowest BCUT2D eigenvalue weighted by Gasteiger charge is -2.36. The standard InChI is InChI=1S/C22H24FN3O5/c23-16-5-1-2-6-17(16)24-10-12-25(13-11-24)20(27)15-31-22(29)18-7-3-9-26(18)21(28)19-8-4-14-30-19/h1-2,4-6,8,14,18H,3,7,9-13,15H2/t18-/m0/s1. The van der Waals surface area contributed by atoms with E-state index in [4.69, 9.17) is 9.15 Å². The normalized spacial score (nSPS) is 18.9. The highest BCUT2D eigenvalue weighted by atomic mass is 19.1. The van der Waals surface area contributed by atoms with Crippen LogP contribution in [0.2, 0.25) is 0 Å². The first kappa shape index (κ1) is 20.9. The number of amides is 2. The molecule has 1 aromatic carbocycles. The van der Waals surface area contributed by atoms with Crippen LogP contribution in [0.1, 0.15) is 23.4 Å². The molecule has 2 saturated heterocycles. The molecule has 2 aliphatic heterocycles. The first-order chi connectivity index (χ1) is 15.0. The van der Waals surface area contributed by atoms with Crippen molar-refractivity contribution < 1.29 is 27.9 Å². The molecule has 9 heteroatoms. The first-order valence-corrected chi connectivity index (χ1v) is 10.3. The predicted octanol–water partition coefficient (Wildman–Crippen LogP) is 1.92. The zero-order chi connectivity index (χ0) is 21.8. The number of benzene rings is 1. The fourth-order valence-corrected chi connectivity index (χ4v) is 4.02. The van der Waals surface area contributed by atoms with Crippen LogP contribution in [0.15, 0.2) is 47.1 Å². The van der Waals surface area contributed by atoms with Crippen LogP contribution in [-0.2, 0) is 14.3 Å². The lowest BCUT2D eigenvalue weighted by Crippen LogP contribution is -2.50. The van der Waals surface area contributed by atoms with Crippen LogP contribution >= 0.6 is 0 Å². The largest absolute Gasteiger partial charge is 0.459 e. The van der Waals surface area contributed by atoms with Crippen LogP contribution in [0.3, 0.4) is 0 Å². The minimum Gasteiger partial charge on any atom is -0.459 e. The third kappa shape index (κ3) is 4.55. The zero-order valence-corrected chi connectivity index (χ0v) is 17.0. The number of piperazine rings is 1. The van der Waals surface area contributed by atoms with Crippen LogP contribution < -0.4 is 4.90 Å². The van der Waals surface area contributed by atoms with Crippen molar-refractivity contribution in [2.45, 2.75) is 18.9 Å². The van der Waals surface area contributed by atoms with Crippen molar-refractivity contribution in [1.29, 1.82) is 0 Å². The van der Waals surface area contributed by atoms with E-state index in [2.05, 4.69) is 0 Å². The van der Waals surface area contributed by atoms with Crippen molar-refractivity contribution in [3.63, 3.8) is 0 Å². The molecule has 164 valence electrons. The molecule has 0 aliphatic carbocycles. The summed E-state index contributed by atoms with van der Waals surface area (Å²) >= 11 is 0. The Labute approximate surface area is 179 Å². The van der Waals surface area contributed by atoms with Gasteiger partial charge in [-0.15, -0.1) is 0 Å². The van der Waals surface area contributed by atoms with Gasteiger partial charge in [0.25, 0.3) is 11.8 Å². The maximum absolute atomic E-state index is 14.0. The van der Waals surface area contributed by atoms with Crippen LogP contribution in [0.25, 0.3) is 0 Å². The Balaban J connectivity index is 1.26. The molecule has 2 aliphatic rings. The molecule has 2 aromatic rings. The number of para-hydroxylation sites is 1. The molecule has 0 bridgehead atoms. The number of nitrogens with zero attached hydrogens (tertiary/aromatic N) is 3. The van der Waals surface area contributed by atoms with Gasteiger partial charge in [0.05, 0.1) is 12.0 Å². The highest BCUT2D eigenvalue weighted by Crippen LogP contribution is 2.22. The summed E-state index contributed by atoms with van der Waals surface area (Å²) in [4.78, 5) is 42.4. The second kappa shape index (κ2) is 9.20. The molecule has 0 saturated carbocycles. The number of esters is 1. The average molecular weight is 429 g/mol. The van der Waals surface area contributed by atoms with E-state index in [9.17, 15) is 18.8 Å². The molecule has 1 atom stereocenters. The number of carbonyl (C=O) groups excluding carboxylic acids is 3. The van der Waals surface area contributed by atoms with E-state index in [1.54, 1.807) is 35.2 Å². The molecule has 0 radical (unpaired) electrons. The number of carbonyl (C=O) groups is 3. The number of hydrogen-bond acceptors (Lipinski definition) is 6. The van der Waals surface area contributed by atoms with Crippen LogP contribution in [0.4, 0.5) is 10.1 Å². The van der Waals surface area contributed by atoms with E-state index in [1.165, 1.54) is 17.2 Å². The zero-order valence-electron chi connectivity index (χ0n) is 17.0. The smallest absolute Gasteiger partial charge is 0.329 e. The molecule has 2 fully saturated rings. The van der Waals surface area contributed by atoms with Crippen molar-refractivity contribution >= 4 is 23.5 Å². The van der Waals surface area contributed by atoms with E-state index >= 15 is 0 Å². The highest BCUT2D eigenvalue weighted by Gasteiger charge is 2.37. The van der Waals surface area contributed by atoms with Gasteiger partial charge in [-0.2, -0.15) is 0 Å². The lowest BCUT2D eigenvalue weighted by atomic mass is 10.2. The van der Waals surface area contributed by atoms with E-state index in [0.717, 1.165) is 0 Å². The summed E-state index contributed by atoms with van der Waals surface area (Å²) in [7, 11) is 0. The van der Waals surface area contributed by atoms with E-state index in [1.807, 2.05) is 4.90 Å². The average Bonchev–Trinajstić information content (AvgIpc) is 3.50. The summed E-state index contributed by atoms with van der Waals surface area (Å²) in [5, 5.41) is 0. The molecule has 0 N–H and O–H groups in total. The van der Waals surface area contributed by atoms with Gasteiger partial charge in [0.1, 0.15) is 11.9 Å². The Morgan fingerprint density at radius 2 is 1.81 bits per heavy atom. The van der Waals surface area contributed by atoms with Crippen molar-refractivity contribution in [2.75, 3.05) is 44.2 Å². The number of halogens is 1. The maximum atomic E-state index is 14.0. The molecule has 2 amide bonds. The molecule has 0 spiro atoms. The molecule has 8 nitrogen and oxygen atoms in total. The summed E-state index contributed by atoms with van der Waals surface area (Å²) in [5.74, 6) is -1.37. The minimum atomic E-state index is -0.719. The molecule has 3 heterocycles. The fraction of sp³-hybridized carbons (Fsp3) is 0.409. The van der Waals surface area contributed by atoms with Gasteiger partial charge in [-0.05, 0) is 37.1 Å². The number of ether oxygens (including phenoxy) is 1. The highest BCUT2D eigenvalue weighted by molar-refractivity contribution is 5.95. The summed E-state index contributed by atoms with van der Waals surface area (Å²) < 4.78 is 24.3. The van der Waals surface area contributed by atoms with Gasteiger partial charge in [-0.3, -0.25) is 9.59 Å². The van der Waals surface area contributed by atoms with Gasteiger partial charge in [0.15, 0.2) is 12.4 Å². The third-order valence-corrected chi connectivity index (χ3v) is 5.68. The number of rotatable bonds is 5. The maximum Gasteiger partial charge on any atom is 0.329 e. The second-order valence-electron chi connectivity index (χ2n) is 7.56. The summed E-state index contributed by atoms with van der Waals surface area (Å²) in [5.41, 5.74) is 0.517. The Bertz CT molecular complexity index is 940. The lowest BCUT2D eigenvalue weighted by molar-refractivity contribution is -0.155. The minimum absolute atomic E-state index is 0.170. The molecule has 31 heavy (non-hydrogen) atoms. The number of likely N-dealkylation sites (tertiary alicyclic amines) is 1. The number of anilines is 1. The van der Waals surface area contributed by atoms with Crippen LogP contribution in [0, 0.1) is 5.82 Å². The van der Waals surface area contributed by atoms with Gasteiger partial charge in [0, 0.05) is 32.7 Å². The SMILES string of the molecule is O=C(OCC(=O)N1CCN(c2ccccc2F)CC1)[C@@H]1CCCN1C(=O)c1ccco1. The van der Waals surface area contributed by atoms with Gasteiger partial charge < -0.3 is 23.9 Å². The summed E-state index contributed by atoms with van der Waals surface area (Å²) in [6, 6.07) is 8.98. The topological polar surface area (TPSA) is 83.3 Å².